The molecule has 1 N–H and O–H groups in total. The SMILES string of the molecule is O=[N+]([O-])c1ccc(CNc2nsnc2Cl)cc1. The van der Waals surface area contributed by atoms with Gasteiger partial charge in [0, 0.05) is 18.7 Å². The fourth-order valence-electron chi connectivity index (χ4n) is 1.20. The van der Waals surface area contributed by atoms with Crippen molar-refractivity contribution in [2.75, 3.05) is 5.32 Å². The molecular weight excluding hydrogens is 264 g/mol. The van der Waals surface area contributed by atoms with E-state index in [4.69, 9.17) is 11.6 Å². The largest absolute Gasteiger partial charge is 0.363 e. The number of halogens is 1. The summed E-state index contributed by atoms with van der Waals surface area (Å²) in [4.78, 5) is 10.0. The molecule has 17 heavy (non-hydrogen) atoms. The maximum atomic E-state index is 10.5. The van der Waals surface area contributed by atoms with Gasteiger partial charge in [-0.05, 0) is 5.56 Å². The van der Waals surface area contributed by atoms with Crippen LogP contribution in [0.4, 0.5) is 11.5 Å². The van der Waals surface area contributed by atoms with Crippen LogP contribution in [0.25, 0.3) is 0 Å². The number of anilines is 1. The average molecular weight is 271 g/mol. The van der Waals surface area contributed by atoms with Gasteiger partial charge in [0.1, 0.15) is 0 Å². The summed E-state index contributed by atoms with van der Waals surface area (Å²) in [7, 11) is 0. The van der Waals surface area contributed by atoms with E-state index in [2.05, 4.69) is 14.1 Å². The van der Waals surface area contributed by atoms with Gasteiger partial charge in [-0.25, -0.2) is 0 Å². The molecular formula is C9H7ClN4O2S. The molecule has 0 amide bonds. The van der Waals surface area contributed by atoms with Crippen LogP contribution in [-0.2, 0) is 6.54 Å². The van der Waals surface area contributed by atoms with Crippen LogP contribution in [0.1, 0.15) is 5.56 Å². The summed E-state index contributed by atoms with van der Waals surface area (Å²) in [5, 5.41) is 13.8. The first-order valence-electron chi connectivity index (χ1n) is 4.62. The summed E-state index contributed by atoms with van der Waals surface area (Å²) in [5.74, 6) is 0.523. The molecule has 1 heterocycles. The van der Waals surface area contributed by atoms with E-state index in [1.54, 1.807) is 12.1 Å². The third-order valence-electron chi connectivity index (χ3n) is 2.06. The Morgan fingerprint density at radius 1 is 1.35 bits per heavy atom. The van der Waals surface area contributed by atoms with Gasteiger partial charge in [0.25, 0.3) is 5.69 Å². The molecule has 0 atom stereocenters. The van der Waals surface area contributed by atoms with E-state index in [1.165, 1.54) is 12.1 Å². The van der Waals surface area contributed by atoms with Crippen molar-refractivity contribution < 1.29 is 4.92 Å². The van der Waals surface area contributed by atoms with Crippen LogP contribution in [0.15, 0.2) is 24.3 Å². The van der Waals surface area contributed by atoms with E-state index in [-0.39, 0.29) is 5.69 Å². The molecule has 0 spiro atoms. The van der Waals surface area contributed by atoms with Gasteiger partial charge in [0.15, 0.2) is 11.0 Å². The quantitative estimate of drug-likeness (QED) is 0.682. The summed E-state index contributed by atoms with van der Waals surface area (Å²) in [6, 6.07) is 6.27. The minimum atomic E-state index is -0.432. The third kappa shape index (κ3) is 2.89. The molecule has 1 aromatic heterocycles. The van der Waals surface area contributed by atoms with Gasteiger partial charge < -0.3 is 5.32 Å². The highest BCUT2D eigenvalue weighted by Gasteiger charge is 2.06. The number of hydrogen-bond acceptors (Lipinski definition) is 6. The second-order valence-corrected chi connectivity index (χ2v) is 4.07. The molecule has 0 radical (unpaired) electrons. The van der Waals surface area contributed by atoms with E-state index >= 15 is 0 Å². The summed E-state index contributed by atoms with van der Waals surface area (Å²) >= 11 is 6.78. The number of nitrogens with zero attached hydrogens (tertiary/aromatic N) is 3. The van der Waals surface area contributed by atoms with Gasteiger partial charge in [-0.3, -0.25) is 10.1 Å². The Labute approximate surface area is 106 Å². The molecule has 8 heteroatoms. The normalized spacial score (nSPS) is 10.2. The smallest absolute Gasteiger partial charge is 0.269 e. The standard InChI is InChI=1S/C9H7ClN4O2S/c10-8-9(13-17-12-8)11-5-6-1-3-7(4-2-6)14(15)16/h1-4H,5H2,(H,11,13). The molecule has 0 fully saturated rings. The maximum absolute atomic E-state index is 10.5. The Kier molecular flexibility index (Phi) is 3.50. The Morgan fingerprint density at radius 3 is 2.59 bits per heavy atom. The number of nitrogens with one attached hydrogen (secondary N) is 1. The van der Waals surface area contributed by atoms with Gasteiger partial charge in [-0.2, -0.15) is 8.75 Å². The number of hydrogen-bond donors (Lipinski definition) is 1. The summed E-state index contributed by atoms with van der Waals surface area (Å²) in [6.07, 6.45) is 0. The molecule has 0 bridgehead atoms. The highest BCUT2D eigenvalue weighted by molar-refractivity contribution is 6.99. The van der Waals surface area contributed by atoms with Crippen LogP contribution >= 0.6 is 23.3 Å². The molecule has 2 aromatic rings. The Bertz CT molecular complexity index is 528. The predicted molar refractivity (Wildman–Crippen MR) is 65.3 cm³/mol. The number of nitro groups is 1. The molecule has 6 nitrogen and oxygen atoms in total. The number of rotatable bonds is 4. The zero-order valence-corrected chi connectivity index (χ0v) is 10.0. The molecule has 0 unspecified atom stereocenters. The lowest BCUT2D eigenvalue weighted by atomic mass is 10.2. The molecule has 0 saturated heterocycles. The Hall–Kier alpha value is -1.73. The molecule has 88 valence electrons. The minimum Gasteiger partial charge on any atom is -0.363 e. The van der Waals surface area contributed by atoms with Crippen molar-refractivity contribution in [1.29, 1.82) is 0 Å². The van der Waals surface area contributed by atoms with Crippen LogP contribution in [0.2, 0.25) is 5.15 Å². The number of aromatic nitrogens is 2. The Morgan fingerprint density at radius 2 is 2.06 bits per heavy atom. The van der Waals surface area contributed by atoms with Crippen molar-refractivity contribution in [3.63, 3.8) is 0 Å². The fourth-order valence-corrected chi connectivity index (χ4v) is 1.89. The van der Waals surface area contributed by atoms with Crippen LogP contribution < -0.4 is 5.32 Å². The molecule has 2 rings (SSSR count). The first kappa shape index (κ1) is 11.7. The lowest BCUT2D eigenvalue weighted by Gasteiger charge is -2.02. The second-order valence-electron chi connectivity index (χ2n) is 3.18. The fraction of sp³-hybridized carbons (Fsp3) is 0.111. The van der Waals surface area contributed by atoms with E-state index < -0.39 is 4.92 Å². The summed E-state index contributed by atoms with van der Waals surface area (Å²) < 4.78 is 7.77. The zero-order valence-electron chi connectivity index (χ0n) is 8.46. The second kappa shape index (κ2) is 5.07. The monoisotopic (exact) mass is 270 g/mol. The van der Waals surface area contributed by atoms with Crippen molar-refractivity contribution >= 4 is 34.8 Å². The first-order chi connectivity index (χ1) is 8.16. The zero-order chi connectivity index (χ0) is 12.3. The van der Waals surface area contributed by atoms with Gasteiger partial charge in [0.05, 0.1) is 16.7 Å². The first-order valence-corrected chi connectivity index (χ1v) is 5.73. The molecule has 0 aliphatic rings. The topological polar surface area (TPSA) is 81.0 Å². The highest BCUT2D eigenvalue weighted by Crippen LogP contribution is 2.19. The van der Waals surface area contributed by atoms with Gasteiger partial charge in [-0.1, -0.05) is 23.7 Å². The minimum absolute atomic E-state index is 0.0714. The van der Waals surface area contributed by atoms with Gasteiger partial charge in [0.2, 0.25) is 0 Å². The van der Waals surface area contributed by atoms with Crippen LogP contribution in [0.3, 0.4) is 0 Å². The van der Waals surface area contributed by atoms with Crippen LogP contribution in [-0.4, -0.2) is 13.7 Å². The predicted octanol–water partition coefficient (Wildman–Crippen LogP) is 2.71. The van der Waals surface area contributed by atoms with Crippen molar-refractivity contribution in [2.24, 2.45) is 0 Å². The summed E-state index contributed by atoms with van der Waals surface area (Å²) in [6.45, 7) is 0.489. The van der Waals surface area contributed by atoms with Crippen molar-refractivity contribution in [2.45, 2.75) is 6.54 Å². The van der Waals surface area contributed by atoms with Crippen molar-refractivity contribution in [1.82, 2.24) is 8.75 Å². The molecule has 0 aliphatic heterocycles. The average Bonchev–Trinajstić information content (AvgIpc) is 2.73. The van der Waals surface area contributed by atoms with E-state index in [1.807, 2.05) is 0 Å². The van der Waals surface area contributed by atoms with Crippen molar-refractivity contribution in [3.8, 4) is 0 Å². The highest BCUT2D eigenvalue weighted by atomic mass is 35.5. The number of nitro benzene ring substituents is 1. The van der Waals surface area contributed by atoms with E-state index in [9.17, 15) is 10.1 Å². The molecule has 1 aromatic carbocycles. The number of non-ortho nitro benzene ring substituents is 1. The van der Waals surface area contributed by atoms with Crippen LogP contribution in [0.5, 0.6) is 0 Å². The Balaban J connectivity index is 2.00. The van der Waals surface area contributed by atoms with Gasteiger partial charge >= 0.3 is 0 Å². The lowest BCUT2D eigenvalue weighted by Crippen LogP contribution is -2.00. The molecule has 0 saturated carbocycles. The lowest BCUT2D eigenvalue weighted by molar-refractivity contribution is -0.384. The van der Waals surface area contributed by atoms with E-state index in [0.717, 1.165) is 17.3 Å². The number of benzene rings is 1. The maximum Gasteiger partial charge on any atom is 0.269 e. The van der Waals surface area contributed by atoms with Crippen LogP contribution in [0, 0.1) is 10.1 Å². The molecule has 0 aliphatic carbocycles. The third-order valence-corrected chi connectivity index (χ3v) is 2.95. The van der Waals surface area contributed by atoms with Gasteiger partial charge in [-0.15, -0.1) is 0 Å². The summed E-state index contributed by atoms with van der Waals surface area (Å²) in [5.41, 5.74) is 0.974. The van der Waals surface area contributed by atoms with E-state index in [0.29, 0.717) is 17.5 Å². The van der Waals surface area contributed by atoms with Crippen molar-refractivity contribution in [3.05, 3.63) is 45.1 Å².